The first-order chi connectivity index (χ1) is 28.7. The molecule has 0 spiro atoms. The highest BCUT2D eigenvalue weighted by Gasteiger charge is 2.21. The van der Waals surface area contributed by atoms with Crippen LogP contribution < -0.4 is 0 Å². The van der Waals surface area contributed by atoms with Gasteiger partial charge in [0.2, 0.25) is 0 Å². The standard InChI is InChI=1S/C52H33N5S/c1-4-15-34(16-5-1)36-29-31-37(32-30-36)49-54-50(39-20-12-19-38(33-39)35-17-6-2-7-18-35)56-51(55-49)42-24-14-28-46-47(42)41-23-13-25-43(48(41)58-46)52-53-44-26-10-11-27-45(44)57(52)40-21-8-3-9-22-40/h1-33H. The van der Waals surface area contributed by atoms with Crippen LogP contribution in [0, 0.1) is 0 Å². The van der Waals surface area contributed by atoms with Crippen LogP contribution in [0.4, 0.5) is 0 Å². The van der Waals surface area contributed by atoms with Crippen molar-refractivity contribution < 1.29 is 0 Å². The zero-order valence-electron chi connectivity index (χ0n) is 31.2. The molecular weight excluding hydrogens is 727 g/mol. The number of benzene rings is 8. The maximum Gasteiger partial charge on any atom is 0.164 e. The summed E-state index contributed by atoms with van der Waals surface area (Å²) in [4.78, 5) is 20.9. The molecule has 58 heavy (non-hydrogen) atoms. The minimum absolute atomic E-state index is 0.624. The Hall–Kier alpha value is -7.54. The number of thiophene rings is 1. The van der Waals surface area contributed by atoms with Crippen LogP contribution in [0.2, 0.25) is 0 Å². The lowest BCUT2D eigenvalue weighted by molar-refractivity contribution is 1.08. The Kier molecular flexibility index (Phi) is 8.26. The van der Waals surface area contributed by atoms with Gasteiger partial charge >= 0.3 is 0 Å². The minimum Gasteiger partial charge on any atom is -0.292 e. The molecule has 11 aromatic rings. The molecule has 0 bridgehead atoms. The van der Waals surface area contributed by atoms with Crippen molar-refractivity contribution in [2.75, 3.05) is 0 Å². The lowest BCUT2D eigenvalue weighted by Crippen LogP contribution is -2.00. The summed E-state index contributed by atoms with van der Waals surface area (Å²) in [6.07, 6.45) is 0. The summed E-state index contributed by atoms with van der Waals surface area (Å²) in [5.41, 5.74) is 11.5. The monoisotopic (exact) mass is 759 g/mol. The van der Waals surface area contributed by atoms with Gasteiger partial charge in [0.05, 0.1) is 11.0 Å². The molecule has 0 fully saturated rings. The molecule has 0 N–H and O–H groups in total. The number of para-hydroxylation sites is 3. The molecule has 0 saturated heterocycles. The number of rotatable bonds is 7. The van der Waals surface area contributed by atoms with Gasteiger partial charge in [-0.05, 0) is 64.7 Å². The fourth-order valence-corrected chi connectivity index (χ4v) is 9.16. The second kappa shape index (κ2) is 14.2. The SMILES string of the molecule is c1ccc(-c2ccc(-c3nc(-c4cccc(-c5ccccc5)c4)nc(-c4cccc5sc6c(-c7nc8ccccc8n7-c7ccccc7)cccc6c45)n3)cc2)cc1. The molecule has 3 heterocycles. The van der Waals surface area contributed by atoms with E-state index in [4.69, 9.17) is 19.9 Å². The van der Waals surface area contributed by atoms with Gasteiger partial charge in [-0.1, -0.05) is 158 Å². The lowest BCUT2D eigenvalue weighted by Gasteiger charge is -2.11. The first-order valence-electron chi connectivity index (χ1n) is 19.3. The Balaban J connectivity index is 1.11. The average Bonchev–Trinajstić information content (AvgIpc) is 3.89. The van der Waals surface area contributed by atoms with Gasteiger partial charge in [0.15, 0.2) is 17.5 Å². The van der Waals surface area contributed by atoms with Gasteiger partial charge in [-0.25, -0.2) is 19.9 Å². The fraction of sp³-hybridized carbons (Fsp3) is 0. The van der Waals surface area contributed by atoms with Crippen molar-refractivity contribution in [2.24, 2.45) is 0 Å². The van der Waals surface area contributed by atoms with Crippen LogP contribution in [-0.4, -0.2) is 24.5 Å². The van der Waals surface area contributed by atoms with Crippen LogP contribution in [0.15, 0.2) is 200 Å². The van der Waals surface area contributed by atoms with Gasteiger partial charge in [0, 0.05) is 48.1 Å². The van der Waals surface area contributed by atoms with E-state index in [2.05, 4.69) is 180 Å². The molecule has 8 aromatic carbocycles. The van der Waals surface area contributed by atoms with Crippen LogP contribution in [0.1, 0.15) is 0 Å². The smallest absolute Gasteiger partial charge is 0.164 e. The summed E-state index contributed by atoms with van der Waals surface area (Å²) in [6.45, 7) is 0. The first kappa shape index (κ1) is 33.8. The molecule has 0 unspecified atom stereocenters. The third-order valence-corrected chi connectivity index (χ3v) is 11.9. The van der Waals surface area contributed by atoms with E-state index in [0.29, 0.717) is 17.5 Å². The number of hydrogen-bond donors (Lipinski definition) is 0. The van der Waals surface area contributed by atoms with Crippen molar-refractivity contribution in [3.63, 3.8) is 0 Å². The molecular formula is C52H33N5S. The van der Waals surface area contributed by atoms with Crippen molar-refractivity contribution >= 4 is 42.5 Å². The maximum absolute atomic E-state index is 5.27. The fourth-order valence-electron chi connectivity index (χ4n) is 7.92. The topological polar surface area (TPSA) is 56.5 Å². The molecule has 0 aliphatic heterocycles. The van der Waals surface area contributed by atoms with E-state index < -0.39 is 0 Å². The Morgan fingerprint density at radius 3 is 1.71 bits per heavy atom. The van der Waals surface area contributed by atoms with Gasteiger partial charge in [-0.3, -0.25) is 4.57 Å². The predicted octanol–water partition coefficient (Wildman–Crippen LogP) is 13.6. The highest BCUT2D eigenvalue weighted by atomic mass is 32.1. The van der Waals surface area contributed by atoms with Gasteiger partial charge in [0.25, 0.3) is 0 Å². The third-order valence-electron chi connectivity index (χ3n) is 10.7. The summed E-state index contributed by atoms with van der Waals surface area (Å²) in [5, 5.41) is 2.26. The molecule has 0 radical (unpaired) electrons. The van der Waals surface area contributed by atoms with Crippen LogP contribution in [0.5, 0.6) is 0 Å². The first-order valence-corrected chi connectivity index (χ1v) is 20.1. The second-order valence-corrected chi connectivity index (χ2v) is 15.3. The summed E-state index contributed by atoms with van der Waals surface area (Å²) < 4.78 is 4.59. The molecule has 0 aliphatic carbocycles. The van der Waals surface area contributed by atoms with E-state index in [1.54, 1.807) is 11.3 Å². The minimum atomic E-state index is 0.624. The molecule has 6 heteroatoms. The van der Waals surface area contributed by atoms with Gasteiger partial charge in [-0.2, -0.15) is 0 Å². The normalized spacial score (nSPS) is 11.4. The number of aromatic nitrogens is 5. The molecule has 5 nitrogen and oxygen atoms in total. The van der Waals surface area contributed by atoms with E-state index in [1.165, 1.54) is 10.3 Å². The van der Waals surface area contributed by atoms with E-state index in [-0.39, 0.29) is 0 Å². The molecule has 0 aliphatic rings. The summed E-state index contributed by atoms with van der Waals surface area (Å²) in [7, 11) is 0. The van der Waals surface area contributed by atoms with Gasteiger partial charge in [-0.15, -0.1) is 11.3 Å². The van der Waals surface area contributed by atoms with E-state index in [0.717, 1.165) is 77.0 Å². The van der Waals surface area contributed by atoms with E-state index in [1.807, 2.05) is 24.3 Å². The molecule has 0 saturated carbocycles. The Morgan fingerprint density at radius 2 is 0.931 bits per heavy atom. The van der Waals surface area contributed by atoms with Crippen LogP contribution in [-0.2, 0) is 0 Å². The summed E-state index contributed by atoms with van der Waals surface area (Å²) in [5.74, 6) is 2.79. The Morgan fingerprint density at radius 1 is 0.379 bits per heavy atom. The molecule has 0 amide bonds. The van der Waals surface area contributed by atoms with Crippen molar-refractivity contribution in [1.82, 2.24) is 24.5 Å². The molecule has 3 aromatic heterocycles. The zero-order chi connectivity index (χ0) is 38.4. The average molecular weight is 760 g/mol. The van der Waals surface area contributed by atoms with Gasteiger partial charge in [0.1, 0.15) is 5.82 Å². The molecule has 0 atom stereocenters. The molecule has 272 valence electrons. The second-order valence-electron chi connectivity index (χ2n) is 14.3. The number of nitrogens with zero attached hydrogens (tertiary/aromatic N) is 5. The van der Waals surface area contributed by atoms with Crippen molar-refractivity contribution in [3.8, 4) is 73.5 Å². The van der Waals surface area contributed by atoms with Crippen LogP contribution in [0.25, 0.3) is 105 Å². The highest BCUT2D eigenvalue weighted by molar-refractivity contribution is 7.26. The molecule has 11 rings (SSSR count). The maximum atomic E-state index is 5.27. The van der Waals surface area contributed by atoms with Crippen LogP contribution in [0.3, 0.4) is 0 Å². The predicted molar refractivity (Wildman–Crippen MR) is 240 cm³/mol. The van der Waals surface area contributed by atoms with E-state index in [9.17, 15) is 0 Å². The van der Waals surface area contributed by atoms with Crippen LogP contribution >= 0.6 is 11.3 Å². The van der Waals surface area contributed by atoms with Crippen molar-refractivity contribution in [3.05, 3.63) is 200 Å². The lowest BCUT2D eigenvalue weighted by atomic mass is 10.0. The Bertz CT molecular complexity index is 3260. The largest absolute Gasteiger partial charge is 0.292 e. The third kappa shape index (κ3) is 5.95. The number of fused-ring (bicyclic) bond motifs is 4. The quantitative estimate of drug-likeness (QED) is 0.162. The van der Waals surface area contributed by atoms with Crippen molar-refractivity contribution in [1.29, 1.82) is 0 Å². The zero-order valence-corrected chi connectivity index (χ0v) is 32.0. The van der Waals surface area contributed by atoms with E-state index >= 15 is 0 Å². The number of imidazole rings is 1. The summed E-state index contributed by atoms with van der Waals surface area (Å²) in [6, 6.07) is 69.6. The number of hydrogen-bond acceptors (Lipinski definition) is 5. The highest BCUT2D eigenvalue weighted by Crippen LogP contribution is 2.44. The van der Waals surface area contributed by atoms with Gasteiger partial charge < -0.3 is 0 Å². The Labute approximate surface area is 339 Å². The van der Waals surface area contributed by atoms with Crippen molar-refractivity contribution in [2.45, 2.75) is 0 Å². The summed E-state index contributed by atoms with van der Waals surface area (Å²) >= 11 is 1.78.